The molecule has 128 valence electrons. The van der Waals surface area contributed by atoms with Crippen LogP contribution in [0.25, 0.3) is 0 Å². The molecule has 1 amide bonds. The molecule has 0 radical (unpaired) electrons. The van der Waals surface area contributed by atoms with Crippen molar-refractivity contribution in [2.45, 2.75) is 25.8 Å². The van der Waals surface area contributed by atoms with Crippen molar-refractivity contribution in [1.29, 1.82) is 0 Å². The van der Waals surface area contributed by atoms with E-state index in [0.717, 1.165) is 24.8 Å². The Hall–Kier alpha value is -1.56. The smallest absolute Gasteiger partial charge is 0.228 e. The van der Waals surface area contributed by atoms with Crippen molar-refractivity contribution in [3.63, 3.8) is 0 Å². The number of carbonyl (C=O) groups excluding carboxylic acids is 1. The maximum atomic E-state index is 12.6. The summed E-state index contributed by atoms with van der Waals surface area (Å²) in [5.41, 5.74) is 6.62. The average Bonchev–Trinajstić information content (AvgIpc) is 3.21. The third-order valence-electron chi connectivity index (χ3n) is 4.62. The average molecular weight is 367 g/mol. The van der Waals surface area contributed by atoms with Crippen molar-refractivity contribution in [2.75, 3.05) is 11.9 Å². The molecule has 0 bridgehead atoms. The number of benzene rings is 1. The normalized spacial score (nSPS) is 20.3. The summed E-state index contributed by atoms with van der Waals surface area (Å²) in [5.74, 6) is 0.914. The van der Waals surface area contributed by atoms with Crippen LogP contribution in [-0.4, -0.2) is 22.2 Å². The number of carbonyl (C=O) groups is 1. The van der Waals surface area contributed by atoms with E-state index in [-0.39, 0.29) is 17.7 Å². The third kappa shape index (κ3) is 3.58. The fourth-order valence-electron chi connectivity index (χ4n) is 3.28. The Balaban J connectivity index is 1.73. The molecular weight excluding hydrogens is 347 g/mol. The van der Waals surface area contributed by atoms with Gasteiger partial charge in [0.05, 0.1) is 22.8 Å². The number of nitrogens with two attached hydrogens (primary N) is 1. The van der Waals surface area contributed by atoms with Crippen LogP contribution in [0, 0.1) is 11.8 Å². The molecule has 7 heteroatoms. The molecule has 0 saturated heterocycles. The summed E-state index contributed by atoms with van der Waals surface area (Å²) in [7, 11) is 0. The molecule has 24 heavy (non-hydrogen) atoms. The highest BCUT2D eigenvalue weighted by atomic mass is 35.5. The molecule has 2 aromatic rings. The number of halogens is 2. The van der Waals surface area contributed by atoms with Gasteiger partial charge in [0.2, 0.25) is 5.91 Å². The van der Waals surface area contributed by atoms with Gasteiger partial charge >= 0.3 is 0 Å². The van der Waals surface area contributed by atoms with Crippen LogP contribution in [0.3, 0.4) is 0 Å². The second-order valence-electron chi connectivity index (χ2n) is 6.11. The first-order valence-electron chi connectivity index (χ1n) is 8.05. The van der Waals surface area contributed by atoms with E-state index in [0.29, 0.717) is 29.0 Å². The largest absolute Gasteiger partial charge is 0.330 e. The fourth-order valence-corrected chi connectivity index (χ4v) is 3.66. The molecule has 1 aliphatic carbocycles. The molecule has 3 rings (SSSR count). The van der Waals surface area contributed by atoms with Crippen LogP contribution in [0.15, 0.2) is 30.5 Å². The monoisotopic (exact) mass is 366 g/mol. The topological polar surface area (TPSA) is 72.9 Å². The lowest BCUT2D eigenvalue weighted by Crippen LogP contribution is -2.30. The van der Waals surface area contributed by atoms with Crippen LogP contribution >= 0.6 is 23.2 Å². The van der Waals surface area contributed by atoms with E-state index in [1.54, 1.807) is 23.0 Å². The van der Waals surface area contributed by atoms with Crippen molar-refractivity contribution in [3.8, 4) is 0 Å². The minimum Gasteiger partial charge on any atom is -0.330 e. The zero-order valence-corrected chi connectivity index (χ0v) is 14.7. The molecule has 0 unspecified atom stereocenters. The molecule has 1 aromatic carbocycles. The maximum absolute atomic E-state index is 12.6. The number of aromatic nitrogens is 2. The Labute approximate surface area is 151 Å². The Morgan fingerprint density at radius 3 is 2.96 bits per heavy atom. The molecule has 0 spiro atoms. The molecule has 2 atom stereocenters. The maximum Gasteiger partial charge on any atom is 0.228 e. The molecule has 1 aliphatic rings. The third-order valence-corrected chi connectivity index (χ3v) is 5.48. The van der Waals surface area contributed by atoms with Gasteiger partial charge in [-0.3, -0.25) is 4.79 Å². The van der Waals surface area contributed by atoms with Crippen molar-refractivity contribution < 1.29 is 4.79 Å². The lowest BCUT2D eigenvalue weighted by atomic mass is 9.95. The predicted octanol–water partition coefficient (Wildman–Crippen LogP) is 3.55. The van der Waals surface area contributed by atoms with Crippen molar-refractivity contribution in [1.82, 2.24) is 9.78 Å². The highest BCUT2D eigenvalue weighted by Crippen LogP contribution is 2.32. The summed E-state index contributed by atoms with van der Waals surface area (Å²) in [5, 5.41) is 8.27. The summed E-state index contributed by atoms with van der Waals surface area (Å²) in [6.07, 6.45) is 4.62. The van der Waals surface area contributed by atoms with Gasteiger partial charge in [-0.1, -0.05) is 41.8 Å². The van der Waals surface area contributed by atoms with Gasteiger partial charge in [0.1, 0.15) is 5.82 Å². The number of amides is 1. The van der Waals surface area contributed by atoms with Crippen molar-refractivity contribution >= 4 is 34.9 Å². The standard InChI is InChI=1S/C17H20Cl2N4O/c18-14-6-2-4-12(16(14)19)10-23-15(7-8-21-23)22-17(24)13-5-1-3-11(13)9-20/h2,4,6-8,11,13H,1,3,5,9-10,20H2,(H,22,24)/t11-,13-/m1/s1. The molecule has 5 nitrogen and oxygen atoms in total. The van der Waals surface area contributed by atoms with Crippen LogP contribution < -0.4 is 11.1 Å². The van der Waals surface area contributed by atoms with E-state index < -0.39 is 0 Å². The van der Waals surface area contributed by atoms with Crippen LogP contribution in [-0.2, 0) is 11.3 Å². The summed E-state index contributed by atoms with van der Waals surface area (Å²) >= 11 is 12.3. The molecule has 1 heterocycles. The first-order chi connectivity index (χ1) is 11.6. The number of hydrogen-bond acceptors (Lipinski definition) is 3. The summed E-state index contributed by atoms with van der Waals surface area (Å²) in [4.78, 5) is 12.6. The predicted molar refractivity (Wildman–Crippen MR) is 96.3 cm³/mol. The van der Waals surface area contributed by atoms with E-state index in [9.17, 15) is 4.79 Å². The van der Waals surface area contributed by atoms with Gasteiger partial charge < -0.3 is 11.1 Å². The zero-order chi connectivity index (χ0) is 17.1. The van der Waals surface area contributed by atoms with E-state index in [2.05, 4.69) is 10.4 Å². The first kappa shape index (κ1) is 17.3. The highest BCUT2D eigenvalue weighted by Gasteiger charge is 2.32. The van der Waals surface area contributed by atoms with E-state index in [1.807, 2.05) is 12.1 Å². The van der Waals surface area contributed by atoms with E-state index in [4.69, 9.17) is 28.9 Å². The van der Waals surface area contributed by atoms with E-state index in [1.165, 1.54) is 0 Å². The molecule has 1 fully saturated rings. The number of hydrogen-bond donors (Lipinski definition) is 2. The highest BCUT2D eigenvalue weighted by molar-refractivity contribution is 6.42. The summed E-state index contributed by atoms with van der Waals surface area (Å²) in [6, 6.07) is 7.26. The molecule has 1 saturated carbocycles. The van der Waals surface area contributed by atoms with Gasteiger partial charge in [-0.15, -0.1) is 0 Å². The quantitative estimate of drug-likeness (QED) is 0.849. The number of nitrogens with one attached hydrogen (secondary N) is 1. The minimum atomic E-state index is -0.0203. The minimum absolute atomic E-state index is 0.0156. The molecule has 0 aliphatic heterocycles. The summed E-state index contributed by atoms with van der Waals surface area (Å²) < 4.78 is 1.71. The Morgan fingerprint density at radius 1 is 1.33 bits per heavy atom. The zero-order valence-electron chi connectivity index (χ0n) is 13.2. The van der Waals surface area contributed by atoms with Gasteiger partial charge in [-0.05, 0) is 36.9 Å². The van der Waals surface area contributed by atoms with Crippen molar-refractivity contribution in [3.05, 3.63) is 46.1 Å². The van der Waals surface area contributed by atoms with Gasteiger partial charge in [-0.2, -0.15) is 5.10 Å². The molecule has 1 aromatic heterocycles. The van der Waals surface area contributed by atoms with Crippen molar-refractivity contribution in [2.24, 2.45) is 17.6 Å². The van der Waals surface area contributed by atoms with Gasteiger partial charge in [-0.25, -0.2) is 4.68 Å². The first-order valence-corrected chi connectivity index (χ1v) is 8.81. The number of rotatable bonds is 5. The molecule has 3 N–H and O–H groups in total. The van der Waals surface area contributed by atoms with Crippen LogP contribution in [0.5, 0.6) is 0 Å². The Morgan fingerprint density at radius 2 is 2.17 bits per heavy atom. The van der Waals surface area contributed by atoms with E-state index >= 15 is 0 Å². The number of anilines is 1. The lowest BCUT2D eigenvalue weighted by Gasteiger charge is -2.18. The molecular formula is C17H20Cl2N4O. The fraction of sp³-hybridized carbons (Fsp3) is 0.412. The number of nitrogens with zero attached hydrogens (tertiary/aromatic N) is 2. The van der Waals surface area contributed by atoms with Crippen LogP contribution in [0.4, 0.5) is 5.82 Å². The Kier molecular flexibility index (Phi) is 5.43. The second kappa shape index (κ2) is 7.55. The van der Waals surface area contributed by atoms with Gasteiger partial charge in [0.25, 0.3) is 0 Å². The van der Waals surface area contributed by atoms with Crippen LogP contribution in [0.1, 0.15) is 24.8 Å². The Bertz CT molecular complexity index is 731. The van der Waals surface area contributed by atoms with Crippen LogP contribution in [0.2, 0.25) is 10.0 Å². The summed E-state index contributed by atoms with van der Waals surface area (Å²) in [6.45, 7) is 0.989. The van der Waals surface area contributed by atoms with Gasteiger partial charge in [0.15, 0.2) is 0 Å². The van der Waals surface area contributed by atoms with Gasteiger partial charge in [0, 0.05) is 12.0 Å². The SMILES string of the molecule is NC[C@H]1CCC[C@H]1C(=O)Nc1ccnn1Cc1cccc(Cl)c1Cl. The lowest BCUT2D eigenvalue weighted by molar-refractivity contribution is -0.120. The second-order valence-corrected chi connectivity index (χ2v) is 6.89.